The molecule has 11 heteroatoms. The van der Waals surface area contributed by atoms with Gasteiger partial charge in [-0.05, 0) is 0 Å². The molecule has 0 aromatic heterocycles. The van der Waals surface area contributed by atoms with Crippen LogP contribution in [0.2, 0.25) is 0 Å². The van der Waals surface area contributed by atoms with E-state index in [0.717, 1.165) is 0 Å². The molecule has 0 bridgehead atoms. The molecule has 12 heavy (non-hydrogen) atoms. The van der Waals surface area contributed by atoms with E-state index in [-0.39, 0.29) is 91.7 Å². The molecule has 0 aliphatic heterocycles. The van der Waals surface area contributed by atoms with Crippen molar-refractivity contribution in [1.29, 1.82) is 0 Å². The molecule has 0 aliphatic carbocycles. The van der Waals surface area contributed by atoms with Crippen LogP contribution in [0.1, 0.15) is 7.43 Å². The van der Waals surface area contributed by atoms with Crippen molar-refractivity contribution in [3.63, 3.8) is 0 Å². The van der Waals surface area contributed by atoms with Crippen molar-refractivity contribution in [2.45, 2.75) is 7.43 Å². The molecule has 0 aromatic carbocycles. The van der Waals surface area contributed by atoms with Gasteiger partial charge in [0, 0.05) is 29.6 Å². The largest absolute Gasteiger partial charge is 0.412 e. The van der Waals surface area contributed by atoms with Gasteiger partial charge in [0.1, 0.15) is 0 Å². The first-order valence-electron chi connectivity index (χ1n) is 0. The second kappa shape index (κ2) is 3620. The summed E-state index contributed by atoms with van der Waals surface area (Å²) in [6, 6.07) is 0. The summed E-state index contributed by atoms with van der Waals surface area (Å²) in [6.45, 7) is 0. The molecule has 20 N–H and O–H groups in total. The van der Waals surface area contributed by atoms with E-state index in [2.05, 4.69) is 0 Å². The van der Waals surface area contributed by atoms with E-state index in [1.54, 1.807) is 0 Å². The quantitative estimate of drug-likeness (QED) is 0.342. The van der Waals surface area contributed by atoms with Gasteiger partial charge in [-0.3, -0.25) is 0 Å². The number of hydrogen-bond donors (Lipinski definition) is 0. The zero-order valence-corrected chi connectivity index (χ0v) is 8.00. The molecule has 0 unspecified atom stereocenters. The van der Waals surface area contributed by atoms with Gasteiger partial charge in [0.05, 0.1) is 0 Å². The van der Waals surface area contributed by atoms with Crippen LogP contribution >= 0.6 is 0 Å². The molecular weight excluding hydrogens is 195 g/mol. The van der Waals surface area contributed by atoms with Gasteiger partial charge in [-0.15, -0.1) is 0 Å². The Morgan fingerprint density at radius 3 is 0.250 bits per heavy atom. The van der Waals surface area contributed by atoms with Crippen LogP contribution in [0.15, 0.2) is 0 Å². The minimum Gasteiger partial charge on any atom is -0.412 e. The maximum absolute atomic E-state index is 0. The summed E-state index contributed by atoms with van der Waals surface area (Å²) in [4.78, 5) is 0. The Balaban J connectivity index is 0. The molecule has 0 atom stereocenters. The first-order chi connectivity index (χ1) is 0. The predicted octanol–water partition coefficient (Wildman–Crippen LogP) is -7.99. The van der Waals surface area contributed by atoms with E-state index in [4.69, 9.17) is 0 Å². The van der Waals surface area contributed by atoms with Crippen LogP contribution in [0, 0.1) is 0 Å². The fourth-order valence-corrected chi connectivity index (χ4v) is 0. The summed E-state index contributed by atoms with van der Waals surface area (Å²) < 4.78 is 0. The molecule has 0 amide bonds. The monoisotopic (exact) mass is 219 g/mol. The van der Waals surface area contributed by atoms with Crippen LogP contribution in [0.25, 0.3) is 0 Å². The van der Waals surface area contributed by atoms with Crippen molar-refractivity contribution in [3.8, 4) is 0 Å². The molecule has 10 nitrogen and oxygen atoms in total. The normalized spacial score (nSPS) is 0. The topological polar surface area (TPSA) is 315 Å². The van der Waals surface area contributed by atoms with Crippen molar-refractivity contribution in [3.05, 3.63) is 0 Å². The molecule has 0 saturated carbocycles. The van der Waals surface area contributed by atoms with E-state index >= 15 is 0 Å². The zero-order chi connectivity index (χ0) is 0. The fraction of sp³-hybridized carbons (Fsp3) is 1.00. The summed E-state index contributed by atoms with van der Waals surface area (Å²) in [5.41, 5.74) is 0. The second-order valence-corrected chi connectivity index (χ2v) is 0. The summed E-state index contributed by atoms with van der Waals surface area (Å²) >= 11 is 0. The summed E-state index contributed by atoms with van der Waals surface area (Å²) in [5.74, 6) is 0. The maximum Gasteiger partial charge on any atom is 0 e. The summed E-state index contributed by atoms with van der Waals surface area (Å²) in [6.07, 6.45) is 0. The average Bonchev–Trinajstić information content (AvgIpc) is 0. The third kappa shape index (κ3) is 2710. The Morgan fingerprint density at radius 2 is 0.250 bits per heavy atom. The van der Waals surface area contributed by atoms with Crippen LogP contribution in [-0.2, 0) is 0 Å². The molecule has 1 radical (unpaired) electrons. The first-order valence-corrected chi connectivity index (χ1v) is 0. The van der Waals surface area contributed by atoms with E-state index in [1.807, 2.05) is 0 Å². The van der Waals surface area contributed by atoms with Crippen LogP contribution in [-0.4, -0.2) is 84.3 Å². The first kappa shape index (κ1) is 4710. The van der Waals surface area contributed by atoms with Gasteiger partial charge in [0.2, 0.25) is 0 Å². The third-order valence-electron chi connectivity index (χ3n) is 0. The molecule has 0 aliphatic rings. The standard InChI is InChI=1S/CH4.Na.10H2O/h1H4;;10*1H2. The molecule has 0 aromatic rings. The fourth-order valence-electron chi connectivity index (χ4n) is 0. The molecule has 0 saturated heterocycles. The molecule has 0 spiro atoms. The van der Waals surface area contributed by atoms with Gasteiger partial charge in [-0.2, -0.15) is 0 Å². The molecule has 0 heterocycles. The van der Waals surface area contributed by atoms with Gasteiger partial charge >= 0.3 is 0 Å². The summed E-state index contributed by atoms with van der Waals surface area (Å²) in [7, 11) is 0. The van der Waals surface area contributed by atoms with Gasteiger partial charge in [-0.1, -0.05) is 7.43 Å². The Bertz CT molecular complexity index is 9.80. The van der Waals surface area contributed by atoms with Crippen LogP contribution in [0.3, 0.4) is 0 Å². The molecule has 0 fully saturated rings. The minimum atomic E-state index is 0. The van der Waals surface area contributed by atoms with Crippen LogP contribution in [0.5, 0.6) is 0 Å². The van der Waals surface area contributed by atoms with Gasteiger partial charge in [-0.25, -0.2) is 0 Å². The third-order valence-corrected chi connectivity index (χ3v) is 0. The van der Waals surface area contributed by atoms with Gasteiger partial charge in [0.25, 0.3) is 0 Å². The molecule has 0 rings (SSSR count). The van der Waals surface area contributed by atoms with Crippen molar-refractivity contribution < 1.29 is 54.8 Å². The molecular formula is CH24NaO10. The SMILES string of the molecule is C.O.O.O.O.O.O.O.O.O.O.[Na]. The molecule has 89 valence electrons. The van der Waals surface area contributed by atoms with E-state index < -0.39 is 0 Å². The zero-order valence-electron chi connectivity index (χ0n) is 6.00. The number of hydrogen-bond acceptors (Lipinski definition) is 0. The predicted molar refractivity (Wildman–Crippen MR) is 48.6 cm³/mol. The van der Waals surface area contributed by atoms with Crippen molar-refractivity contribution in [1.82, 2.24) is 0 Å². The Labute approximate surface area is 92.0 Å². The Hall–Kier alpha value is 0.600. The van der Waals surface area contributed by atoms with E-state index in [9.17, 15) is 0 Å². The van der Waals surface area contributed by atoms with Crippen molar-refractivity contribution >= 4 is 29.6 Å². The van der Waals surface area contributed by atoms with Gasteiger partial charge < -0.3 is 54.8 Å². The minimum absolute atomic E-state index is 0. The van der Waals surface area contributed by atoms with Gasteiger partial charge in [0.15, 0.2) is 0 Å². The Kier molecular flexibility index (Phi) is 1420000. The van der Waals surface area contributed by atoms with Crippen molar-refractivity contribution in [2.75, 3.05) is 0 Å². The van der Waals surface area contributed by atoms with Crippen LogP contribution < -0.4 is 0 Å². The number of rotatable bonds is 0. The smallest absolute Gasteiger partial charge is 0 e. The van der Waals surface area contributed by atoms with Crippen LogP contribution in [0.4, 0.5) is 0 Å². The van der Waals surface area contributed by atoms with E-state index in [1.165, 1.54) is 0 Å². The second-order valence-electron chi connectivity index (χ2n) is 0. The van der Waals surface area contributed by atoms with Crippen molar-refractivity contribution in [2.24, 2.45) is 0 Å². The van der Waals surface area contributed by atoms with E-state index in [0.29, 0.717) is 0 Å². The summed E-state index contributed by atoms with van der Waals surface area (Å²) in [5, 5.41) is 0. The Morgan fingerprint density at radius 1 is 0.250 bits per heavy atom. The maximum atomic E-state index is 0. The average molecular weight is 219 g/mol.